The van der Waals surface area contributed by atoms with E-state index in [-0.39, 0.29) is 17.3 Å². The molecule has 0 heterocycles. The topological polar surface area (TPSA) is 76.0 Å². The van der Waals surface area contributed by atoms with Crippen LogP contribution in [0.4, 0.5) is 0 Å². The van der Waals surface area contributed by atoms with E-state index in [0.29, 0.717) is 22.6 Å². The van der Waals surface area contributed by atoms with E-state index in [1.54, 1.807) is 18.2 Å². The number of rotatable bonds is 5. The molecule has 5 heteroatoms. The normalized spacial score (nSPS) is 10.6. The van der Waals surface area contributed by atoms with Crippen LogP contribution in [-0.4, -0.2) is 30.2 Å². The Labute approximate surface area is 128 Å². The Morgan fingerprint density at radius 1 is 1.09 bits per heavy atom. The fraction of sp³-hybridized carbons (Fsp3) is 0.118. The number of methoxy groups -OCH3 is 2. The molecule has 114 valence electrons. The molecule has 0 fully saturated rings. The molecule has 5 nitrogen and oxygen atoms in total. The molecule has 2 rings (SSSR count). The van der Waals surface area contributed by atoms with Gasteiger partial charge in [0, 0.05) is 5.56 Å². The van der Waals surface area contributed by atoms with Gasteiger partial charge in [0.15, 0.2) is 17.3 Å². The lowest BCUT2D eigenvalue weighted by Crippen LogP contribution is -2.01. The highest BCUT2D eigenvalue weighted by molar-refractivity contribution is 6.09. The fourth-order valence-corrected chi connectivity index (χ4v) is 2.01. The summed E-state index contributed by atoms with van der Waals surface area (Å²) in [6.45, 7) is 0. The van der Waals surface area contributed by atoms with E-state index >= 15 is 0 Å². The van der Waals surface area contributed by atoms with Crippen molar-refractivity contribution in [2.24, 2.45) is 0 Å². The number of para-hydroxylation sites is 1. The predicted octanol–water partition coefficient (Wildman–Crippen LogP) is 3.01. The van der Waals surface area contributed by atoms with Gasteiger partial charge in [-0.3, -0.25) is 4.79 Å². The van der Waals surface area contributed by atoms with Gasteiger partial charge in [-0.1, -0.05) is 6.07 Å². The Balaban J connectivity index is 2.33. The second-order valence-corrected chi connectivity index (χ2v) is 4.48. The number of ether oxygens (including phenoxy) is 2. The zero-order valence-corrected chi connectivity index (χ0v) is 12.2. The van der Waals surface area contributed by atoms with E-state index in [1.165, 1.54) is 44.6 Å². The van der Waals surface area contributed by atoms with Gasteiger partial charge in [0.05, 0.1) is 19.8 Å². The van der Waals surface area contributed by atoms with Gasteiger partial charge in [-0.2, -0.15) is 0 Å². The van der Waals surface area contributed by atoms with Crippen molar-refractivity contribution in [2.75, 3.05) is 14.2 Å². The molecule has 0 saturated heterocycles. The molecular formula is C17H16O5. The Kier molecular flexibility index (Phi) is 4.68. The van der Waals surface area contributed by atoms with Crippen LogP contribution in [0.5, 0.6) is 23.0 Å². The fourth-order valence-electron chi connectivity index (χ4n) is 2.01. The number of hydrogen-bond acceptors (Lipinski definition) is 5. The third-order valence-electron chi connectivity index (χ3n) is 3.09. The Morgan fingerprint density at radius 2 is 1.86 bits per heavy atom. The Bertz CT molecular complexity index is 719. The van der Waals surface area contributed by atoms with Crippen molar-refractivity contribution in [3.8, 4) is 23.0 Å². The van der Waals surface area contributed by atoms with Crippen molar-refractivity contribution in [3.63, 3.8) is 0 Å². The highest BCUT2D eigenvalue weighted by Crippen LogP contribution is 2.31. The number of phenols is 2. The number of carbonyl (C=O) groups excluding carboxylic acids is 1. The van der Waals surface area contributed by atoms with Gasteiger partial charge in [-0.15, -0.1) is 0 Å². The zero-order valence-electron chi connectivity index (χ0n) is 12.2. The van der Waals surface area contributed by atoms with E-state index < -0.39 is 0 Å². The number of allylic oxidation sites excluding steroid dienone is 1. The van der Waals surface area contributed by atoms with Gasteiger partial charge in [-0.05, 0) is 42.5 Å². The molecule has 0 amide bonds. The van der Waals surface area contributed by atoms with E-state index in [2.05, 4.69) is 0 Å². The third-order valence-corrected chi connectivity index (χ3v) is 3.09. The number of ketones is 1. The molecule has 2 aromatic rings. The molecule has 0 unspecified atom stereocenters. The van der Waals surface area contributed by atoms with Gasteiger partial charge in [0.2, 0.25) is 0 Å². The lowest BCUT2D eigenvalue weighted by Gasteiger charge is -2.10. The van der Waals surface area contributed by atoms with Crippen molar-refractivity contribution in [2.45, 2.75) is 0 Å². The molecule has 2 N–H and O–H groups in total. The number of benzene rings is 2. The lowest BCUT2D eigenvalue weighted by atomic mass is 10.1. The van der Waals surface area contributed by atoms with Crippen molar-refractivity contribution in [1.29, 1.82) is 0 Å². The number of carbonyl (C=O) groups is 1. The molecule has 0 atom stereocenters. The Morgan fingerprint density at radius 3 is 2.55 bits per heavy atom. The average molecular weight is 300 g/mol. The molecule has 0 aliphatic rings. The number of phenolic OH excluding ortho intramolecular Hbond substituents is 2. The van der Waals surface area contributed by atoms with Gasteiger partial charge in [0.25, 0.3) is 0 Å². The van der Waals surface area contributed by atoms with Crippen LogP contribution in [0.2, 0.25) is 0 Å². The molecule has 0 aliphatic carbocycles. The molecule has 0 spiro atoms. The summed E-state index contributed by atoms with van der Waals surface area (Å²) < 4.78 is 10.4. The van der Waals surface area contributed by atoms with Crippen LogP contribution < -0.4 is 9.47 Å². The van der Waals surface area contributed by atoms with Crippen LogP contribution in [-0.2, 0) is 0 Å². The first-order chi connectivity index (χ1) is 10.6. The summed E-state index contributed by atoms with van der Waals surface area (Å²) in [5.74, 6) is 0.476. The second kappa shape index (κ2) is 6.67. The van der Waals surface area contributed by atoms with Crippen LogP contribution in [0.3, 0.4) is 0 Å². The maximum atomic E-state index is 12.3. The van der Waals surface area contributed by atoms with Crippen LogP contribution in [0.15, 0.2) is 42.5 Å². The van der Waals surface area contributed by atoms with Gasteiger partial charge in [-0.25, -0.2) is 0 Å². The van der Waals surface area contributed by atoms with Crippen molar-refractivity contribution >= 4 is 11.9 Å². The molecular weight excluding hydrogens is 284 g/mol. The number of aromatic hydroxyl groups is 2. The van der Waals surface area contributed by atoms with Gasteiger partial charge >= 0.3 is 0 Å². The minimum atomic E-state index is -0.307. The molecule has 0 saturated carbocycles. The molecule has 0 aromatic heterocycles. The van der Waals surface area contributed by atoms with Gasteiger partial charge in [0.1, 0.15) is 11.5 Å². The molecule has 0 radical (unpaired) electrons. The Hall–Kier alpha value is -2.95. The average Bonchev–Trinajstić information content (AvgIpc) is 2.54. The third kappa shape index (κ3) is 3.20. The quantitative estimate of drug-likeness (QED) is 0.504. The van der Waals surface area contributed by atoms with Crippen LogP contribution in [0.1, 0.15) is 15.9 Å². The first-order valence-corrected chi connectivity index (χ1v) is 6.52. The summed E-state index contributed by atoms with van der Waals surface area (Å²) in [7, 11) is 2.95. The summed E-state index contributed by atoms with van der Waals surface area (Å²) in [4.78, 5) is 12.3. The minimum absolute atomic E-state index is 0.00357. The van der Waals surface area contributed by atoms with Crippen LogP contribution >= 0.6 is 0 Å². The first-order valence-electron chi connectivity index (χ1n) is 6.52. The van der Waals surface area contributed by atoms with Gasteiger partial charge < -0.3 is 19.7 Å². The predicted molar refractivity (Wildman–Crippen MR) is 82.7 cm³/mol. The lowest BCUT2D eigenvalue weighted by molar-refractivity contribution is 0.104. The van der Waals surface area contributed by atoms with Crippen molar-refractivity contribution in [3.05, 3.63) is 53.6 Å². The summed E-state index contributed by atoms with van der Waals surface area (Å²) in [6.07, 6.45) is 2.72. The monoisotopic (exact) mass is 300 g/mol. The second-order valence-electron chi connectivity index (χ2n) is 4.48. The summed E-state index contributed by atoms with van der Waals surface area (Å²) in [5, 5.41) is 19.1. The van der Waals surface area contributed by atoms with Crippen LogP contribution in [0, 0.1) is 0 Å². The standard InChI is InChI=1S/C17H16O5/c1-21-16-5-3-4-13(17(16)22-2)15(20)8-6-11-10-12(18)7-9-14(11)19/h3-10,18-19H,1-2H3/b8-6+. The molecule has 2 aromatic carbocycles. The SMILES string of the molecule is COc1cccc(C(=O)/C=C/c2cc(O)ccc2O)c1OC. The molecule has 0 aliphatic heterocycles. The first kappa shape index (κ1) is 15.4. The zero-order chi connectivity index (χ0) is 16.1. The molecule has 0 bridgehead atoms. The smallest absolute Gasteiger partial charge is 0.189 e. The van der Waals surface area contributed by atoms with E-state index in [4.69, 9.17) is 9.47 Å². The van der Waals surface area contributed by atoms with E-state index in [9.17, 15) is 15.0 Å². The highest BCUT2D eigenvalue weighted by atomic mass is 16.5. The van der Waals surface area contributed by atoms with Crippen molar-refractivity contribution in [1.82, 2.24) is 0 Å². The highest BCUT2D eigenvalue weighted by Gasteiger charge is 2.14. The van der Waals surface area contributed by atoms with Crippen molar-refractivity contribution < 1.29 is 24.5 Å². The van der Waals surface area contributed by atoms with E-state index in [1.807, 2.05) is 0 Å². The maximum Gasteiger partial charge on any atom is 0.189 e. The molecule has 22 heavy (non-hydrogen) atoms. The summed E-state index contributed by atoms with van der Waals surface area (Å²) >= 11 is 0. The summed E-state index contributed by atoms with van der Waals surface area (Å²) in [5.41, 5.74) is 0.688. The number of hydrogen-bond donors (Lipinski definition) is 2. The maximum absolute atomic E-state index is 12.3. The largest absolute Gasteiger partial charge is 0.508 e. The van der Waals surface area contributed by atoms with Crippen LogP contribution in [0.25, 0.3) is 6.08 Å². The van der Waals surface area contributed by atoms with E-state index in [0.717, 1.165) is 0 Å². The summed E-state index contributed by atoms with van der Waals surface area (Å²) in [6, 6.07) is 9.08. The minimum Gasteiger partial charge on any atom is -0.508 e.